The first-order valence-electron chi connectivity index (χ1n) is 4.73. The summed E-state index contributed by atoms with van der Waals surface area (Å²) in [6.45, 7) is 3.17. The Hall–Kier alpha value is -1.35. The fourth-order valence-electron chi connectivity index (χ4n) is 1.99. The molecule has 0 unspecified atom stereocenters. The molecule has 3 heteroatoms. The second-order valence-electron chi connectivity index (χ2n) is 3.31. The van der Waals surface area contributed by atoms with Gasteiger partial charge in [-0.25, -0.2) is 0 Å². The molecule has 14 heavy (non-hydrogen) atoms. The van der Waals surface area contributed by atoms with E-state index in [-0.39, 0.29) is 0 Å². The lowest BCUT2D eigenvalue weighted by molar-refractivity contribution is 0.828. The first-order valence-corrected chi connectivity index (χ1v) is 5.57. The molecule has 0 bridgehead atoms. The zero-order valence-corrected chi connectivity index (χ0v) is 8.71. The zero-order chi connectivity index (χ0) is 9.54. The second-order valence-corrected chi connectivity index (χ2v) is 3.94. The van der Waals surface area contributed by atoms with Crippen LogP contribution in [0.1, 0.15) is 6.92 Å². The molecule has 0 saturated carbocycles. The SMILES string of the molecule is CCn1c2ccccc2c2nscc21. The quantitative estimate of drug-likeness (QED) is 0.592. The van der Waals surface area contributed by atoms with Crippen LogP contribution in [-0.2, 0) is 6.54 Å². The molecule has 2 nitrogen and oxygen atoms in total. The van der Waals surface area contributed by atoms with E-state index in [9.17, 15) is 0 Å². The molecular weight excluding hydrogens is 192 g/mol. The van der Waals surface area contributed by atoms with E-state index in [2.05, 4.69) is 45.5 Å². The Morgan fingerprint density at radius 2 is 2.14 bits per heavy atom. The highest BCUT2D eigenvalue weighted by atomic mass is 32.1. The van der Waals surface area contributed by atoms with Gasteiger partial charge in [0.25, 0.3) is 0 Å². The van der Waals surface area contributed by atoms with E-state index < -0.39 is 0 Å². The summed E-state index contributed by atoms with van der Waals surface area (Å²) in [5.74, 6) is 0. The van der Waals surface area contributed by atoms with E-state index in [1.807, 2.05) is 0 Å². The topological polar surface area (TPSA) is 17.8 Å². The van der Waals surface area contributed by atoms with Gasteiger partial charge in [-0.15, -0.1) is 0 Å². The first kappa shape index (κ1) is 8.00. The Morgan fingerprint density at radius 3 is 3.00 bits per heavy atom. The Morgan fingerprint density at radius 1 is 1.29 bits per heavy atom. The fraction of sp³-hybridized carbons (Fsp3) is 0.182. The molecule has 0 aliphatic heterocycles. The van der Waals surface area contributed by atoms with Gasteiger partial charge in [0.15, 0.2) is 0 Å². The minimum Gasteiger partial charge on any atom is -0.339 e. The van der Waals surface area contributed by atoms with Crippen molar-refractivity contribution in [2.45, 2.75) is 13.5 Å². The van der Waals surface area contributed by atoms with Crippen LogP contribution in [0, 0.1) is 0 Å². The summed E-state index contributed by atoms with van der Waals surface area (Å²) in [5, 5.41) is 3.39. The molecule has 0 radical (unpaired) electrons. The third kappa shape index (κ3) is 0.876. The van der Waals surface area contributed by atoms with Crippen LogP contribution in [0.25, 0.3) is 21.9 Å². The third-order valence-corrected chi connectivity index (χ3v) is 3.22. The molecule has 0 amide bonds. The monoisotopic (exact) mass is 202 g/mol. The molecule has 0 N–H and O–H groups in total. The van der Waals surface area contributed by atoms with E-state index in [1.54, 1.807) is 0 Å². The number of aromatic nitrogens is 2. The Bertz CT molecular complexity index is 591. The molecule has 0 spiro atoms. The average Bonchev–Trinajstić information content (AvgIpc) is 2.77. The number of rotatable bonds is 1. The lowest BCUT2D eigenvalue weighted by Crippen LogP contribution is -1.91. The van der Waals surface area contributed by atoms with Crippen LogP contribution in [0.2, 0.25) is 0 Å². The molecule has 0 fully saturated rings. The zero-order valence-electron chi connectivity index (χ0n) is 7.90. The fourth-order valence-corrected chi connectivity index (χ4v) is 2.68. The van der Waals surface area contributed by atoms with Crippen molar-refractivity contribution in [3.05, 3.63) is 29.6 Å². The second kappa shape index (κ2) is 2.82. The normalized spacial score (nSPS) is 11.5. The highest BCUT2D eigenvalue weighted by Crippen LogP contribution is 2.28. The van der Waals surface area contributed by atoms with Crippen molar-refractivity contribution >= 4 is 33.5 Å². The molecule has 2 heterocycles. The molecule has 0 atom stereocenters. The van der Waals surface area contributed by atoms with Crippen molar-refractivity contribution in [1.29, 1.82) is 0 Å². The molecule has 0 saturated heterocycles. The lowest BCUT2D eigenvalue weighted by Gasteiger charge is -1.99. The molecule has 2 aromatic heterocycles. The summed E-state index contributed by atoms with van der Waals surface area (Å²) in [7, 11) is 0. The third-order valence-electron chi connectivity index (χ3n) is 2.61. The predicted molar refractivity (Wildman–Crippen MR) is 60.8 cm³/mol. The average molecular weight is 202 g/mol. The van der Waals surface area contributed by atoms with E-state index in [0.717, 1.165) is 12.1 Å². The molecule has 1 aromatic carbocycles. The molecule has 70 valence electrons. The van der Waals surface area contributed by atoms with Crippen molar-refractivity contribution in [3.63, 3.8) is 0 Å². The van der Waals surface area contributed by atoms with Crippen molar-refractivity contribution in [1.82, 2.24) is 8.94 Å². The van der Waals surface area contributed by atoms with E-state index in [1.165, 1.54) is 28.0 Å². The lowest BCUT2D eigenvalue weighted by atomic mass is 10.2. The molecule has 3 rings (SSSR count). The highest BCUT2D eigenvalue weighted by Gasteiger charge is 2.09. The van der Waals surface area contributed by atoms with Gasteiger partial charge in [-0.1, -0.05) is 18.2 Å². The largest absolute Gasteiger partial charge is 0.339 e. The first-order chi connectivity index (χ1) is 6.92. The predicted octanol–water partition coefficient (Wildman–Crippen LogP) is 3.27. The standard InChI is InChI=1S/C11H10N2S/c1-2-13-9-6-4-3-5-8(9)11-10(13)7-14-12-11/h3-7H,2H2,1H3. The number of nitrogens with zero attached hydrogens (tertiary/aromatic N) is 2. The molecular formula is C11H10N2S. The number of fused-ring (bicyclic) bond motifs is 3. The van der Waals surface area contributed by atoms with Crippen LogP contribution in [0.3, 0.4) is 0 Å². The van der Waals surface area contributed by atoms with Gasteiger partial charge >= 0.3 is 0 Å². The summed E-state index contributed by atoms with van der Waals surface area (Å²) in [6.07, 6.45) is 0. The van der Waals surface area contributed by atoms with Gasteiger partial charge in [-0.2, -0.15) is 4.37 Å². The minimum absolute atomic E-state index is 1.00. The smallest absolute Gasteiger partial charge is 0.110 e. The van der Waals surface area contributed by atoms with Crippen LogP contribution in [0.5, 0.6) is 0 Å². The van der Waals surface area contributed by atoms with Gasteiger partial charge in [-0.3, -0.25) is 0 Å². The van der Waals surface area contributed by atoms with Crippen LogP contribution in [0.4, 0.5) is 0 Å². The van der Waals surface area contributed by atoms with Crippen LogP contribution in [0.15, 0.2) is 29.6 Å². The van der Waals surface area contributed by atoms with Crippen molar-refractivity contribution in [2.75, 3.05) is 0 Å². The summed E-state index contributed by atoms with van der Waals surface area (Å²) < 4.78 is 6.75. The van der Waals surface area contributed by atoms with Gasteiger partial charge in [0.05, 0.1) is 11.0 Å². The Labute approximate surface area is 85.9 Å². The maximum Gasteiger partial charge on any atom is 0.110 e. The molecule has 3 aromatic rings. The van der Waals surface area contributed by atoms with Crippen LogP contribution >= 0.6 is 11.5 Å². The number of hydrogen-bond donors (Lipinski definition) is 0. The maximum atomic E-state index is 4.44. The van der Waals surface area contributed by atoms with Crippen molar-refractivity contribution in [2.24, 2.45) is 0 Å². The van der Waals surface area contributed by atoms with Gasteiger partial charge in [-0.05, 0) is 24.5 Å². The summed E-state index contributed by atoms with van der Waals surface area (Å²) in [6, 6.07) is 8.45. The van der Waals surface area contributed by atoms with Gasteiger partial charge in [0.1, 0.15) is 5.52 Å². The highest BCUT2D eigenvalue weighted by molar-refractivity contribution is 7.04. The number of para-hydroxylation sites is 1. The van der Waals surface area contributed by atoms with Crippen molar-refractivity contribution < 1.29 is 0 Å². The number of benzene rings is 1. The van der Waals surface area contributed by atoms with Crippen molar-refractivity contribution in [3.8, 4) is 0 Å². The van der Waals surface area contributed by atoms with Gasteiger partial charge in [0, 0.05) is 17.3 Å². The van der Waals surface area contributed by atoms with Crippen LogP contribution in [-0.4, -0.2) is 8.94 Å². The maximum absolute atomic E-state index is 4.44. The number of aryl methyl sites for hydroxylation is 1. The molecule has 0 aliphatic carbocycles. The van der Waals surface area contributed by atoms with E-state index in [4.69, 9.17) is 0 Å². The Balaban J connectivity index is 2.62. The Kier molecular flexibility index (Phi) is 1.61. The molecule has 0 aliphatic rings. The summed E-state index contributed by atoms with van der Waals surface area (Å²) in [4.78, 5) is 0. The van der Waals surface area contributed by atoms with E-state index >= 15 is 0 Å². The van der Waals surface area contributed by atoms with Crippen LogP contribution < -0.4 is 0 Å². The minimum atomic E-state index is 1.00. The summed E-state index contributed by atoms with van der Waals surface area (Å²) in [5.41, 5.74) is 3.70. The number of hydrogen-bond acceptors (Lipinski definition) is 2. The van der Waals surface area contributed by atoms with Gasteiger partial charge < -0.3 is 4.57 Å². The summed E-state index contributed by atoms with van der Waals surface area (Å²) >= 11 is 1.53. The van der Waals surface area contributed by atoms with Gasteiger partial charge in [0.2, 0.25) is 0 Å². The van der Waals surface area contributed by atoms with E-state index in [0.29, 0.717) is 0 Å².